The second kappa shape index (κ2) is 8.97. The van der Waals surface area contributed by atoms with E-state index in [1.165, 1.54) is 0 Å². The van der Waals surface area contributed by atoms with Gasteiger partial charge in [-0.05, 0) is 25.5 Å². The fraction of sp³-hybridized carbons (Fsp3) is 0.714. The van der Waals surface area contributed by atoms with Crippen LogP contribution in [0.3, 0.4) is 0 Å². The molecule has 11 nitrogen and oxygen atoms in total. The molecule has 5 atom stereocenters. The molecule has 1 saturated heterocycles. The highest BCUT2D eigenvalue weighted by Crippen LogP contribution is 2.26. The van der Waals surface area contributed by atoms with E-state index in [0.29, 0.717) is 18.9 Å². The van der Waals surface area contributed by atoms with Gasteiger partial charge in [0.2, 0.25) is 0 Å². The normalized spacial score (nSPS) is 31.9. The van der Waals surface area contributed by atoms with Crippen LogP contribution in [-0.2, 0) is 4.74 Å². The number of unbranched alkanes of at least 4 members (excludes halogenated alkanes) is 1. The smallest absolute Gasteiger partial charge is 0.185 e. The molecule has 11 heteroatoms. The molecule has 0 spiro atoms. The number of hydrogen-bond acceptors (Lipinski definition) is 9. The van der Waals surface area contributed by atoms with Gasteiger partial charge in [0.25, 0.3) is 0 Å². The maximum Gasteiger partial charge on any atom is 0.185 e. The second-order valence-electron chi connectivity index (χ2n) is 5.89. The first kappa shape index (κ1) is 19.4. The SMILES string of the molecule is NC(N)=NCCCCNC1N=C(N)C=CN1[C@@H]1O[C@H](CO)[C@@H](O)[C@H]1O. The average molecular weight is 357 g/mol. The van der Waals surface area contributed by atoms with E-state index in [-0.39, 0.29) is 12.6 Å². The van der Waals surface area contributed by atoms with Crippen LogP contribution in [0.25, 0.3) is 0 Å². The van der Waals surface area contributed by atoms with Crippen LogP contribution in [-0.4, -0.2) is 82.5 Å². The number of aliphatic hydroxyl groups is 3. The first-order valence-corrected chi connectivity index (χ1v) is 8.14. The summed E-state index contributed by atoms with van der Waals surface area (Å²) in [6.07, 6.45) is 0.199. The van der Waals surface area contributed by atoms with E-state index >= 15 is 0 Å². The molecule has 0 radical (unpaired) electrons. The van der Waals surface area contributed by atoms with Gasteiger partial charge in [0.05, 0.1) is 6.61 Å². The maximum atomic E-state index is 10.2. The van der Waals surface area contributed by atoms with Crippen molar-refractivity contribution in [2.75, 3.05) is 19.7 Å². The molecule has 0 aromatic carbocycles. The number of guanidine groups is 1. The minimum atomic E-state index is -1.18. The summed E-state index contributed by atoms with van der Waals surface area (Å²) < 4.78 is 5.54. The van der Waals surface area contributed by atoms with Crippen LogP contribution in [0.1, 0.15) is 12.8 Å². The first-order chi connectivity index (χ1) is 11.9. The standard InChI is InChI=1S/C14H27N7O4/c15-9-3-6-21(12-11(24)10(23)8(7-22)25-12)14(20-9)19-5-2-1-4-18-13(16)17/h3,6,8,10-12,14,19,22-24H,1-2,4-5,7H2,(H2,15,20)(H4,16,17,18)/t8-,10-,11-,12-,14?/m1/s1. The van der Waals surface area contributed by atoms with E-state index in [4.69, 9.17) is 21.9 Å². The molecule has 1 fully saturated rings. The summed E-state index contributed by atoms with van der Waals surface area (Å²) in [5.41, 5.74) is 16.3. The summed E-state index contributed by atoms with van der Waals surface area (Å²) >= 11 is 0. The summed E-state index contributed by atoms with van der Waals surface area (Å²) in [5.74, 6) is 0.402. The van der Waals surface area contributed by atoms with Gasteiger partial charge in [0, 0.05) is 12.7 Å². The minimum absolute atomic E-state index is 0.0679. The number of nitrogens with one attached hydrogen (secondary N) is 1. The lowest BCUT2D eigenvalue weighted by molar-refractivity contribution is -0.0962. The van der Waals surface area contributed by atoms with Crippen LogP contribution in [0.2, 0.25) is 0 Å². The number of ether oxygens (including phenoxy) is 1. The van der Waals surface area contributed by atoms with E-state index in [1.807, 2.05) is 0 Å². The Kier molecular flexibility index (Phi) is 6.96. The Labute approximate surface area is 145 Å². The molecule has 2 rings (SSSR count). The summed E-state index contributed by atoms with van der Waals surface area (Å²) in [4.78, 5) is 9.81. The number of nitrogens with zero attached hydrogens (tertiary/aromatic N) is 3. The highest BCUT2D eigenvalue weighted by Gasteiger charge is 2.46. The van der Waals surface area contributed by atoms with Crippen molar-refractivity contribution >= 4 is 11.8 Å². The Hall–Kier alpha value is -1.92. The molecule has 2 aliphatic heterocycles. The zero-order valence-corrected chi connectivity index (χ0v) is 13.9. The van der Waals surface area contributed by atoms with Gasteiger partial charge in [0.1, 0.15) is 24.1 Å². The van der Waals surface area contributed by atoms with E-state index in [2.05, 4.69) is 15.3 Å². The Morgan fingerprint density at radius 2 is 2.08 bits per heavy atom. The third-order valence-corrected chi connectivity index (χ3v) is 3.99. The van der Waals surface area contributed by atoms with Crippen LogP contribution in [0, 0.1) is 0 Å². The Bertz CT molecular complexity index is 523. The van der Waals surface area contributed by atoms with Gasteiger partial charge in [-0.15, -0.1) is 0 Å². The molecule has 2 aliphatic rings. The topological polar surface area (TPSA) is 188 Å². The molecule has 0 saturated carbocycles. The zero-order valence-electron chi connectivity index (χ0n) is 13.9. The molecule has 0 aliphatic carbocycles. The van der Waals surface area contributed by atoms with Crippen molar-refractivity contribution in [1.82, 2.24) is 10.2 Å². The third-order valence-electron chi connectivity index (χ3n) is 3.99. The van der Waals surface area contributed by atoms with E-state index in [9.17, 15) is 15.3 Å². The first-order valence-electron chi connectivity index (χ1n) is 8.14. The number of aliphatic hydroxyl groups excluding tert-OH is 3. The Morgan fingerprint density at radius 3 is 2.72 bits per heavy atom. The third kappa shape index (κ3) is 5.03. The summed E-state index contributed by atoms with van der Waals surface area (Å²) in [6.45, 7) is 0.764. The monoisotopic (exact) mass is 357 g/mol. The van der Waals surface area contributed by atoms with Crippen molar-refractivity contribution in [2.45, 2.75) is 43.7 Å². The summed E-state index contributed by atoms with van der Waals surface area (Å²) in [7, 11) is 0. The number of aliphatic imine (C=N–C) groups is 2. The Morgan fingerprint density at radius 1 is 1.32 bits per heavy atom. The van der Waals surface area contributed by atoms with Crippen LogP contribution >= 0.6 is 0 Å². The molecule has 1 unspecified atom stereocenters. The number of hydrogen-bond donors (Lipinski definition) is 7. The lowest BCUT2D eigenvalue weighted by Crippen LogP contribution is -2.53. The average Bonchev–Trinajstić information content (AvgIpc) is 2.86. The van der Waals surface area contributed by atoms with Crippen LogP contribution in [0.15, 0.2) is 22.3 Å². The van der Waals surface area contributed by atoms with Crippen LogP contribution in [0.4, 0.5) is 0 Å². The van der Waals surface area contributed by atoms with Crippen molar-refractivity contribution < 1.29 is 20.1 Å². The second-order valence-corrected chi connectivity index (χ2v) is 5.89. The highest BCUT2D eigenvalue weighted by molar-refractivity contribution is 5.91. The molecule has 0 aromatic rings. The van der Waals surface area contributed by atoms with E-state index in [0.717, 1.165) is 12.8 Å². The molecule has 0 bridgehead atoms. The predicted molar refractivity (Wildman–Crippen MR) is 92.1 cm³/mol. The maximum absolute atomic E-state index is 10.2. The van der Waals surface area contributed by atoms with Gasteiger partial charge in [-0.1, -0.05) is 0 Å². The largest absolute Gasteiger partial charge is 0.394 e. The van der Waals surface area contributed by atoms with Crippen LogP contribution in [0.5, 0.6) is 0 Å². The molecular formula is C14H27N7O4. The number of rotatable bonds is 8. The van der Waals surface area contributed by atoms with Crippen LogP contribution < -0.4 is 22.5 Å². The molecule has 0 aromatic heterocycles. The van der Waals surface area contributed by atoms with Crippen molar-refractivity contribution in [1.29, 1.82) is 0 Å². The lowest BCUT2D eigenvalue weighted by Gasteiger charge is -2.36. The Balaban J connectivity index is 1.91. The molecule has 0 amide bonds. The fourth-order valence-electron chi connectivity index (χ4n) is 2.67. The van der Waals surface area contributed by atoms with E-state index in [1.54, 1.807) is 17.2 Å². The summed E-state index contributed by atoms with van der Waals surface area (Å²) in [6, 6.07) is 0. The molecule has 10 N–H and O–H groups in total. The van der Waals surface area contributed by atoms with Gasteiger partial charge in [0.15, 0.2) is 18.5 Å². The molecular weight excluding hydrogens is 330 g/mol. The van der Waals surface area contributed by atoms with Gasteiger partial charge in [-0.2, -0.15) is 0 Å². The highest BCUT2D eigenvalue weighted by atomic mass is 16.6. The van der Waals surface area contributed by atoms with Crippen molar-refractivity contribution in [3.63, 3.8) is 0 Å². The van der Waals surface area contributed by atoms with Crippen molar-refractivity contribution in [3.05, 3.63) is 12.3 Å². The molecule has 25 heavy (non-hydrogen) atoms. The summed E-state index contributed by atoms with van der Waals surface area (Å²) in [5, 5.41) is 32.5. The van der Waals surface area contributed by atoms with Gasteiger partial charge >= 0.3 is 0 Å². The number of amidine groups is 1. The quantitative estimate of drug-likeness (QED) is 0.131. The van der Waals surface area contributed by atoms with Crippen molar-refractivity contribution in [2.24, 2.45) is 27.2 Å². The van der Waals surface area contributed by atoms with Gasteiger partial charge in [-0.3, -0.25) is 10.3 Å². The van der Waals surface area contributed by atoms with Crippen molar-refractivity contribution in [3.8, 4) is 0 Å². The van der Waals surface area contributed by atoms with Gasteiger partial charge in [-0.25, -0.2) is 4.99 Å². The molecule has 142 valence electrons. The lowest BCUT2D eigenvalue weighted by atomic mass is 10.1. The predicted octanol–water partition coefficient (Wildman–Crippen LogP) is -3.46. The number of nitrogens with two attached hydrogens (primary N) is 3. The fourth-order valence-corrected chi connectivity index (χ4v) is 2.67. The molecule has 2 heterocycles. The van der Waals surface area contributed by atoms with Gasteiger partial charge < -0.3 is 42.2 Å². The van der Waals surface area contributed by atoms with E-state index < -0.39 is 30.8 Å². The zero-order chi connectivity index (χ0) is 18.4. The minimum Gasteiger partial charge on any atom is -0.394 e.